The SMILES string of the molecule is CCCC[C@H](NC(=O)[C@H](Cc1ccccc1)NC(=O)[C@@H](NC(=O)CCNC(=O)[C@H](CC(C)C)NC(=O)[C@H](Cc1cnc[nH]1)NC(=O)[C@H](Cc1ccccc1)NC(=O)[C@@H]1CCCN1C(=O)[C@H](N)Cc1ccc(O)cc1)C(C)C)C(=O)O. The smallest absolute Gasteiger partial charge is 0.326 e. The number of carbonyl (C=O) groups excluding carboxylic acids is 8. The number of carboxylic acids is 1. The van der Waals surface area contributed by atoms with Crippen molar-refractivity contribution in [3.8, 4) is 5.75 Å². The van der Waals surface area contributed by atoms with Gasteiger partial charge in [-0.1, -0.05) is 120 Å². The van der Waals surface area contributed by atoms with E-state index >= 15 is 0 Å². The Labute approximate surface area is 467 Å². The second kappa shape index (κ2) is 31.5. The van der Waals surface area contributed by atoms with Crippen LogP contribution in [0.1, 0.15) is 102 Å². The highest BCUT2D eigenvalue weighted by molar-refractivity contribution is 5.97. The van der Waals surface area contributed by atoms with Gasteiger partial charge in [-0.25, -0.2) is 9.78 Å². The van der Waals surface area contributed by atoms with Gasteiger partial charge in [0.15, 0.2) is 0 Å². The maximum absolute atomic E-state index is 14.5. The predicted molar refractivity (Wildman–Crippen MR) is 298 cm³/mol. The molecule has 8 atom stereocenters. The molecule has 3 aromatic carbocycles. The average Bonchev–Trinajstić information content (AvgIpc) is 4.15. The average molecular weight is 1110 g/mol. The first kappa shape index (κ1) is 62.7. The van der Waals surface area contributed by atoms with Gasteiger partial charge in [0.2, 0.25) is 47.3 Å². The number of unbranched alkanes of at least 4 members (excludes halogenated alkanes) is 1. The second-order valence-corrected chi connectivity index (χ2v) is 21.1. The van der Waals surface area contributed by atoms with E-state index in [1.165, 1.54) is 29.6 Å². The molecule has 80 heavy (non-hydrogen) atoms. The summed E-state index contributed by atoms with van der Waals surface area (Å²) in [6.07, 6.45) is 5.24. The number of H-pyrrole nitrogens is 1. The molecule has 2 heterocycles. The van der Waals surface area contributed by atoms with Crippen molar-refractivity contribution in [3.05, 3.63) is 120 Å². The molecule has 1 aliphatic heterocycles. The number of benzene rings is 3. The van der Waals surface area contributed by atoms with Crippen molar-refractivity contribution in [2.75, 3.05) is 13.1 Å². The number of aromatic nitrogens is 2. The van der Waals surface area contributed by atoms with Crippen LogP contribution in [0.4, 0.5) is 0 Å². The van der Waals surface area contributed by atoms with E-state index < -0.39 is 107 Å². The number of hydrogen-bond acceptors (Lipinski definition) is 12. The number of amides is 8. The number of nitrogens with one attached hydrogen (secondary N) is 8. The number of carboxylic acid groups (broad SMARTS) is 1. The van der Waals surface area contributed by atoms with Crippen LogP contribution in [0.15, 0.2) is 97.5 Å². The van der Waals surface area contributed by atoms with Crippen molar-refractivity contribution in [2.24, 2.45) is 17.6 Å². The van der Waals surface area contributed by atoms with Crippen LogP contribution in [-0.2, 0) is 68.8 Å². The highest BCUT2D eigenvalue weighted by atomic mass is 16.4. The third-order valence-electron chi connectivity index (χ3n) is 13.7. The van der Waals surface area contributed by atoms with E-state index in [-0.39, 0.29) is 69.7 Å². The summed E-state index contributed by atoms with van der Waals surface area (Å²) in [7, 11) is 0. The summed E-state index contributed by atoms with van der Waals surface area (Å²) in [6, 6.07) is 15.1. The van der Waals surface area contributed by atoms with Crippen LogP contribution in [0.25, 0.3) is 0 Å². The maximum atomic E-state index is 14.5. The van der Waals surface area contributed by atoms with E-state index in [1.54, 1.807) is 86.6 Å². The zero-order valence-corrected chi connectivity index (χ0v) is 46.2. The molecule has 5 rings (SSSR count). The number of aromatic hydroxyl groups is 1. The molecule has 0 unspecified atom stereocenters. The Morgan fingerprint density at radius 1 is 0.675 bits per heavy atom. The Bertz CT molecular complexity index is 2670. The van der Waals surface area contributed by atoms with Crippen LogP contribution in [0.2, 0.25) is 0 Å². The standard InChI is InChI=1S/C58H79N11O11/c1-6-7-19-43(58(79)80)63-52(73)46(31-38-17-12-9-13-18-38)67-56(77)50(36(4)5)68-49(71)25-26-61-51(72)44(28-35(2)3)64-54(75)47(32-40-33-60-34-62-40)65-53(74)45(30-37-15-10-8-11-16-37)66-55(76)48-20-14-27-69(48)57(78)42(59)29-39-21-23-41(70)24-22-39/h8-13,15-18,21-24,33-36,42-48,50,70H,6-7,14,19-20,25-32,59H2,1-5H3,(H,60,62)(H,61,72)(H,63,73)(H,64,75)(H,65,74)(H,66,76)(H,67,77)(H,68,71)(H,79,80)/t42-,43+,44+,45+,46+,47+,48+,50+/m1/s1. The van der Waals surface area contributed by atoms with Crippen LogP contribution in [0.3, 0.4) is 0 Å². The molecular weight excluding hydrogens is 1030 g/mol. The zero-order valence-electron chi connectivity index (χ0n) is 46.2. The van der Waals surface area contributed by atoms with Crippen LogP contribution in [-0.4, -0.2) is 140 Å². The highest BCUT2D eigenvalue weighted by Crippen LogP contribution is 2.21. The van der Waals surface area contributed by atoms with Gasteiger partial charge >= 0.3 is 5.97 Å². The first-order chi connectivity index (χ1) is 38.2. The quantitative estimate of drug-likeness (QED) is 0.0345. The summed E-state index contributed by atoms with van der Waals surface area (Å²) in [4.78, 5) is 132. The summed E-state index contributed by atoms with van der Waals surface area (Å²) in [6.45, 7) is 9.10. The van der Waals surface area contributed by atoms with Gasteiger partial charge < -0.3 is 63.0 Å². The van der Waals surface area contributed by atoms with Crippen LogP contribution < -0.4 is 43.0 Å². The van der Waals surface area contributed by atoms with Crippen LogP contribution >= 0.6 is 0 Å². The first-order valence-electron chi connectivity index (χ1n) is 27.4. The molecule has 0 spiro atoms. The minimum atomic E-state index is -1.30. The number of phenolic OH excluding ortho intramolecular Hbond substituents is 1. The Hall–Kier alpha value is -8.14. The fraction of sp³-hybridized carbons (Fsp3) is 0.483. The molecule has 22 nitrogen and oxygen atoms in total. The molecule has 8 amide bonds. The number of hydrogen-bond donors (Lipinski definition) is 11. The number of aromatic amines is 1. The molecule has 4 aromatic rings. The Morgan fingerprint density at radius 3 is 1.77 bits per heavy atom. The minimum Gasteiger partial charge on any atom is -0.508 e. The largest absolute Gasteiger partial charge is 0.508 e. The number of nitrogens with two attached hydrogens (primary N) is 1. The Balaban J connectivity index is 1.24. The van der Waals surface area contributed by atoms with Crippen molar-refractivity contribution >= 4 is 53.2 Å². The summed E-state index contributed by atoms with van der Waals surface area (Å²) >= 11 is 0. The maximum Gasteiger partial charge on any atom is 0.326 e. The number of phenols is 1. The molecule has 1 aromatic heterocycles. The molecule has 0 bridgehead atoms. The lowest BCUT2D eigenvalue weighted by Crippen LogP contribution is -2.59. The van der Waals surface area contributed by atoms with Crippen molar-refractivity contribution in [3.63, 3.8) is 0 Å². The molecule has 1 fully saturated rings. The number of rotatable bonds is 31. The van der Waals surface area contributed by atoms with Gasteiger partial charge in [0.1, 0.15) is 48.0 Å². The van der Waals surface area contributed by atoms with Crippen molar-refractivity contribution in [2.45, 2.75) is 154 Å². The summed E-state index contributed by atoms with van der Waals surface area (Å²) < 4.78 is 0. The molecule has 1 saturated heterocycles. The first-order valence-corrected chi connectivity index (χ1v) is 27.4. The molecule has 432 valence electrons. The van der Waals surface area contributed by atoms with E-state index in [9.17, 15) is 53.4 Å². The third-order valence-corrected chi connectivity index (χ3v) is 13.7. The topological polar surface area (TPSA) is 336 Å². The Morgan fingerprint density at radius 2 is 1.23 bits per heavy atom. The van der Waals surface area contributed by atoms with Crippen molar-refractivity contribution in [1.29, 1.82) is 0 Å². The Kier molecular flexibility index (Phi) is 24.6. The minimum absolute atomic E-state index is 0.0203. The molecular formula is C58H79N11O11. The third kappa shape index (κ3) is 19.9. The van der Waals surface area contributed by atoms with E-state index in [4.69, 9.17) is 5.73 Å². The van der Waals surface area contributed by atoms with Crippen molar-refractivity contribution < 1.29 is 53.4 Å². The molecule has 0 radical (unpaired) electrons. The van der Waals surface area contributed by atoms with Crippen molar-refractivity contribution in [1.82, 2.24) is 52.1 Å². The van der Waals surface area contributed by atoms with Gasteiger partial charge in [-0.15, -0.1) is 0 Å². The fourth-order valence-electron chi connectivity index (χ4n) is 9.35. The summed E-state index contributed by atoms with van der Waals surface area (Å²) in [5, 5.41) is 38.6. The van der Waals surface area contributed by atoms with E-state index in [1.807, 2.05) is 20.8 Å². The van der Waals surface area contributed by atoms with Gasteiger partial charge in [0, 0.05) is 50.7 Å². The zero-order chi connectivity index (χ0) is 58.3. The van der Waals surface area contributed by atoms with Gasteiger partial charge in [-0.05, 0) is 72.8 Å². The van der Waals surface area contributed by atoms with E-state index in [0.29, 0.717) is 42.5 Å². The molecule has 0 saturated carbocycles. The number of likely N-dealkylation sites (tertiary alicyclic amines) is 1. The molecule has 0 aliphatic carbocycles. The normalized spacial score (nSPS) is 15.8. The molecule has 12 N–H and O–H groups in total. The monoisotopic (exact) mass is 1110 g/mol. The van der Waals surface area contributed by atoms with Gasteiger partial charge in [0.25, 0.3) is 0 Å². The molecule has 1 aliphatic rings. The highest BCUT2D eigenvalue weighted by Gasteiger charge is 2.39. The lowest BCUT2D eigenvalue weighted by Gasteiger charge is -2.29. The number of nitrogens with zero attached hydrogens (tertiary/aromatic N) is 2. The van der Waals surface area contributed by atoms with E-state index in [2.05, 4.69) is 47.2 Å². The van der Waals surface area contributed by atoms with Crippen LogP contribution in [0.5, 0.6) is 5.75 Å². The number of imidazole rings is 1. The fourth-order valence-corrected chi connectivity index (χ4v) is 9.35. The lowest BCUT2D eigenvalue weighted by molar-refractivity contribution is -0.142. The lowest BCUT2D eigenvalue weighted by atomic mass is 10.00. The van der Waals surface area contributed by atoms with Gasteiger partial charge in [-0.3, -0.25) is 38.4 Å². The number of aliphatic carboxylic acids is 1. The van der Waals surface area contributed by atoms with Gasteiger partial charge in [-0.2, -0.15) is 0 Å². The summed E-state index contributed by atoms with van der Waals surface area (Å²) in [5.74, 6) is -6.74. The second-order valence-electron chi connectivity index (χ2n) is 21.1. The van der Waals surface area contributed by atoms with E-state index in [0.717, 1.165) is 5.56 Å². The number of carbonyl (C=O) groups is 9. The predicted octanol–water partition coefficient (Wildman–Crippen LogP) is 2.10. The van der Waals surface area contributed by atoms with Gasteiger partial charge in [0.05, 0.1) is 12.4 Å². The summed E-state index contributed by atoms with van der Waals surface area (Å²) in [5.41, 5.74) is 8.97. The van der Waals surface area contributed by atoms with Crippen LogP contribution in [0, 0.1) is 11.8 Å². The molecule has 22 heteroatoms.